The fourth-order valence-corrected chi connectivity index (χ4v) is 2.61. The second-order valence-electron chi connectivity index (χ2n) is 4.83. The highest BCUT2D eigenvalue weighted by atomic mass is 15.3. The van der Waals surface area contributed by atoms with Crippen LogP contribution in [0, 0.1) is 0 Å². The van der Waals surface area contributed by atoms with Crippen molar-refractivity contribution in [2.24, 2.45) is 5.73 Å². The van der Waals surface area contributed by atoms with E-state index in [1.807, 2.05) is 16.8 Å². The number of hydrogen-bond donors (Lipinski definition) is 1. The molecular weight excluding hydrogens is 212 g/mol. The summed E-state index contributed by atoms with van der Waals surface area (Å²) in [6.45, 7) is 0.676. The van der Waals surface area contributed by atoms with Gasteiger partial charge < -0.3 is 5.73 Å². The van der Waals surface area contributed by atoms with Crippen LogP contribution in [0.4, 0.5) is 0 Å². The average Bonchev–Trinajstić information content (AvgIpc) is 2.97. The number of nitrogens with zero attached hydrogens (tertiary/aromatic N) is 3. The summed E-state index contributed by atoms with van der Waals surface area (Å²) >= 11 is 0. The first-order chi connectivity index (χ1) is 8.36. The van der Waals surface area contributed by atoms with Gasteiger partial charge in [-0.25, -0.2) is 9.50 Å². The third-order valence-corrected chi connectivity index (χ3v) is 3.56. The van der Waals surface area contributed by atoms with Crippen molar-refractivity contribution < 1.29 is 0 Å². The summed E-state index contributed by atoms with van der Waals surface area (Å²) in [5.41, 5.74) is 7.74. The number of fused-ring (bicyclic) bond motifs is 1. The number of pyridine rings is 1. The minimum Gasteiger partial charge on any atom is -0.330 e. The zero-order valence-corrected chi connectivity index (χ0v) is 9.97. The van der Waals surface area contributed by atoms with Gasteiger partial charge in [0.2, 0.25) is 0 Å². The van der Waals surface area contributed by atoms with Crippen molar-refractivity contribution in [3.63, 3.8) is 0 Å². The summed E-state index contributed by atoms with van der Waals surface area (Å²) in [6.07, 6.45) is 8.07. The number of nitrogens with two attached hydrogens (primary N) is 1. The maximum Gasteiger partial charge on any atom is 0.155 e. The van der Waals surface area contributed by atoms with E-state index in [1.54, 1.807) is 0 Å². The van der Waals surface area contributed by atoms with Crippen LogP contribution in [0.3, 0.4) is 0 Å². The average molecular weight is 230 g/mol. The van der Waals surface area contributed by atoms with Crippen LogP contribution in [-0.2, 0) is 6.42 Å². The number of aromatic nitrogens is 3. The van der Waals surface area contributed by atoms with Crippen LogP contribution < -0.4 is 5.73 Å². The summed E-state index contributed by atoms with van der Waals surface area (Å²) in [7, 11) is 0. The molecule has 4 heteroatoms. The molecule has 2 aromatic heterocycles. The lowest BCUT2D eigenvalue weighted by molar-refractivity contribution is 0.665. The van der Waals surface area contributed by atoms with E-state index in [0.29, 0.717) is 12.5 Å². The monoisotopic (exact) mass is 230 g/mol. The molecule has 2 N–H and O–H groups in total. The molecule has 1 aliphatic carbocycles. The van der Waals surface area contributed by atoms with Gasteiger partial charge in [0.05, 0.1) is 0 Å². The lowest BCUT2D eigenvalue weighted by atomic mass is 10.1. The Balaban J connectivity index is 1.94. The van der Waals surface area contributed by atoms with Gasteiger partial charge in [0.1, 0.15) is 0 Å². The van der Waals surface area contributed by atoms with Crippen molar-refractivity contribution in [3.8, 4) is 0 Å². The lowest BCUT2D eigenvalue weighted by Crippen LogP contribution is -2.03. The van der Waals surface area contributed by atoms with E-state index < -0.39 is 0 Å². The highest BCUT2D eigenvalue weighted by Gasteiger charge is 2.21. The molecule has 0 amide bonds. The Hall–Kier alpha value is -1.42. The van der Waals surface area contributed by atoms with Crippen LogP contribution in [0.1, 0.15) is 43.0 Å². The maximum atomic E-state index is 5.56. The minimum absolute atomic E-state index is 0.577. The molecule has 0 unspecified atom stereocenters. The summed E-state index contributed by atoms with van der Waals surface area (Å²) < 4.78 is 1.90. The lowest BCUT2D eigenvalue weighted by Gasteiger charge is -2.00. The highest BCUT2D eigenvalue weighted by Crippen LogP contribution is 2.32. The molecule has 17 heavy (non-hydrogen) atoms. The van der Waals surface area contributed by atoms with Gasteiger partial charge in [0.25, 0.3) is 0 Å². The maximum absolute atomic E-state index is 5.56. The Morgan fingerprint density at radius 1 is 1.29 bits per heavy atom. The predicted octanol–water partition coefficient (Wildman–Crippen LogP) is 1.89. The van der Waals surface area contributed by atoms with Crippen LogP contribution in [0.15, 0.2) is 18.3 Å². The first-order valence-corrected chi connectivity index (χ1v) is 6.42. The zero-order valence-electron chi connectivity index (χ0n) is 9.97. The molecular formula is C13H18N4. The van der Waals surface area contributed by atoms with Crippen molar-refractivity contribution in [2.45, 2.75) is 38.0 Å². The van der Waals surface area contributed by atoms with E-state index in [0.717, 1.165) is 17.9 Å². The smallest absolute Gasteiger partial charge is 0.155 e. The fourth-order valence-electron chi connectivity index (χ4n) is 2.61. The van der Waals surface area contributed by atoms with E-state index >= 15 is 0 Å². The van der Waals surface area contributed by atoms with Gasteiger partial charge in [-0.1, -0.05) is 18.9 Å². The van der Waals surface area contributed by atoms with Gasteiger partial charge >= 0.3 is 0 Å². The molecule has 3 rings (SSSR count). The van der Waals surface area contributed by atoms with Gasteiger partial charge in [0.15, 0.2) is 11.5 Å². The van der Waals surface area contributed by atoms with E-state index in [2.05, 4.69) is 16.1 Å². The SMILES string of the molecule is NCCc1ccc2nc(C3CCCC3)nn2c1. The Kier molecular flexibility index (Phi) is 2.81. The van der Waals surface area contributed by atoms with Crippen LogP contribution >= 0.6 is 0 Å². The van der Waals surface area contributed by atoms with Gasteiger partial charge in [-0.05, 0) is 37.4 Å². The predicted molar refractivity (Wildman–Crippen MR) is 67.0 cm³/mol. The Bertz CT molecular complexity index is 511. The van der Waals surface area contributed by atoms with E-state index in [-0.39, 0.29) is 0 Å². The molecule has 1 aliphatic rings. The van der Waals surface area contributed by atoms with Crippen LogP contribution in [0.2, 0.25) is 0 Å². The topological polar surface area (TPSA) is 56.2 Å². The molecule has 0 saturated heterocycles. The summed E-state index contributed by atoms with van der Waals surface area (Å²) in [5.74, 6) is 1.60. The molecule has 2 aromatic rings. The molecule has 4 nitrogen and oxygen atoms in total. The summed E-state index contributed by atoms with van der Waals surface area (Å²) in [4.78, 5) is 4.62. The molecule has 0 radical (unpaired) electrons. The molecule has 0 bridgehead atoms. The fraction of sp³-hybridized carbons (Fsp3) is 0.538. The van der Waals surface area contributed by atoms with Crippen LogP contribution in [0.5, 0.6) is 0 Å². The molecule has 0 atom stereocenters. The first kappa shape index (κ1) is 10.7. The molecule has 90 valence electrons. The van der Waals surface area contributed by atoms with Crippen molar-refractivity contribution in [3.05, 3.63) is 29.7 Å². The summed E-state index contributed by atoms with van der Waals surface area (Å²) in [5, 5.41) is 4.60. The molecule has 0 aliphatic heterocycles. The largest absolute Gasteiger partial charge is 0.330 e. The van der Waals surface area contributed by atoms with Crippen molar-refractivity contribution in [1.82, 2.24) is 14.6 Å². The third-order valence-electron chi connectivity index (χ3n) is 3.56. The minimum atomic E-state index is 0.577. The number of rotatable bonds is 3. The van der Waals surface area contributed by atoms with Gasteiger partial charge in [-0.3, -0.25) is 0 Å². The summed E-state index contributed by atoms with van der Waals surface area (Å²) in [6, 6.07) is 4.13. The van der Waals surface area contributed by atoms with E-state index in [4.69, 9.17) is 5.73 Å². The van der Waals surface area contributed by atoms with Gasteiger partial charge in [0, 0.05) is 12.1 Å². The molecule has 1 fully saturated rings. The van der Waals surface area contributed by atoms with Crippen LogP contribution in [0.25, 0.3) is 5.65 Å². The van der Waals surface area contributed by atoms with Gasteiger partial charge in [-0.2, -0.15) is 5.10 Å². The van der Waals surface area contributed by atoms with Gasteiger partial charge in [-0.15, -0.1) is 0 Å². The van der Waals surface area contributed by atoms with Crippen molar-refractivity contribution in [1.29, 1.82) is 0 Å². The highest BCUT2D eigenvalue weighted by molar-refractivity contribution is 5.39. The van der Waals surface area contributed by atoms with Crippen molar-refractivity contribution in [2.75, 3.05) is 6.54 Å². The first-order valence-electron chi connectivity index (χ1n) is 6.42. The molecule has 2 heterocycles. The van der Waals surface area contributed by atoms with E-state index in [9.17, 15) is 0 Å². The standard InChI is InChI=1S/C13H18N4/c14-8-7-10-5-6-12-15-13(16-17(12)9-10)11-3-1-2-4-11/h5-6,9,11H,1-4,7-8,14H2. The van der Waals surface area contributed by atoms with Crippen LogP contribution in [-0.4, -0.2) is 21.1 Å². The second-order valence-corrected chi connectivity index (χ2v) is 4.83. The van der Waals surface area contributed by atoms with Crippen molar-refractivity contribution >= 4 is 5.65 Å². The molecule has 1 saturated carbocycles. The Morgan fingerprint density at radius 2 is 2.12 bits per heavy atom. The Morgan fingerprint density at radius 3 is 2.88 bits per heavy atom. The number of hydrogen-bond acceptors (Lipinski definition) is 3. The third kappa shape index (κ3) is 2.05. The zero-order chi connectivity index (χ0) is 11.7. The molecule has 0 aromatic carbocycles. The normalized spacial score (nSPS) is 17.0. The molecule has 0 spiro atoms. The second kappa shape index (κ2) is 4.45. The quantitative estimate of drug-likeness (QED) is 0.876. The van der Waals surface area contributed by atoms with E-state index in [1.165, 1.54) is 31.2 Å². The Labute approximate surface area is 101 Å².